The Morgan fingerprint density at radius 1 is 1.17 bits per heavy atom. The highest BCUT2D eigenvalue weighted by molar-refractivity contribution is 5.85. The number of hydrogen-bond donors (Lipinski definition) is 1. The summed E-state index contributed by atoms with van der Waals surface area (Å²) in [7, 11) is 0. The van der Waals surface area contributed by atoms with Crippen LogP contribution in [-0.2, 0) is 11.2 Å². The Labute approximate surface area is 142 Å². The summed E-state index contributed by atoms with van der Waals surface area (Å²) in [4.78, 5) is 12.9. The number of para-hydroxylation sites is 1. The van der Waals surface area contributed by atoms with Gasteiger partial charge in [-0.3, -0.25) is 0 Å². The fraction of sp³-hybridized carbons (Fsp3) is 0.250. The van der Waals surface area contributed by atoms with Gasteiger partial charge in [-0.15, -0.1) is 0 Å². The van der Waals surface area contributed by atoms with Crippen LogP contribution in [0.4, 0.5) is 5.69 Å². The van der Waals surface area contributed by atoms with Crippen LogP contribution in [0.25, 0.3) is 6.08 Å². The molecule has 0 bridgehead atoms. The Morgan fingerprint density at radius 2 is 1.96 bits per heavy atom. The zero-order valence-electron chi connectivity index (χ0n) is 13.5. The topological polar surface area (TPSA) is 49.8 Å². The lowest BCUT2D eigenvalue weighted by Crippen LogP contribution is -2.23. The first kappa shape index (κ1) is 16.1. The predicted octanol–water partition coefficient (Wildman–Crippen LogP) is 3.62. The van der Waals surface area contributed by atoms with Gasteiger partial charge in [0.05, 0.1) is 6.61 Å². The molecule has 0 saturated heterocycles. The second kappa shape index (κ2) is 7.68. The van der Waals surface area contributed by atoms with Crippen molar-refractivity contribution in [2.75, 3.05) is 24.6 Å². The molecule has 0 fully saturated rings. The van der Waals surface area contributed by atoms with Crippen molar-refractivity contribution in [3.8, 4) is 5.75 Å². The van der Waals surface area contributed by atoms with Crippen molar-refractivity contribution < 1.29 is 14.6 Å². The molecule has 124 valence electrons. The number of anilines is 1. The van der Waals surface area contributed by atoms with E-state index in [1.54, 1.807) is 6.08 Å². The van der Waals surface area contributed by atoms with E-state index in [4.69, 9.17) is 9.84 Å². The standard InChI is InChI=1S/C20H21NO3/c22-20(23)11-8-16-6-9-18(10-7-16)24-15-3-13-21-14-12-17-4-1-2-5-19(17)21/h1-2,4-11H,3,12-15H2,(H,22,23)/b11-8+. The summed E-state index contributed by atoms with van der Waals surface area (Å²) >= 11 is 0. The summed E-state index contributed by atoms with van der Waals surface area (Å²) in [5.74, 6) is -0.136. The van der Waals surface area contributed by atoms with Gasteiger partial charge in [0, 0.05) is 24.9 Å². The number of carbonyl (C=O) groups is 1. The van der Waals surface area contributed by atoms with Gasteiger partial charge < -0.3 is 14.7 Å². The molecule has 2 aromatic rings. The van der Waals surface area contributed by atoms with E-state index in [2.05, 4.69) is 29.2 Å². The molecule has 0 amide bonds. The molecule has 1 heterocycles. The van der Waals surface area contributed by atoms with E-state index in [0.717, 1.165) is 43.3 Å². The van der Waals surface area contributed by atoms with Crippen LogP contribution in [0, 0.1) is 0 Å². The summed E-state index contributed by atoms with van der Waals surface area (Å²) < 4.78 is 5.77. The molecule has 2 aromatic carbocycles. The summed E-state index contributed by atoms with van der Waals surface area (Å²) in [6.07, 6.45) is 4.79. The number of benzene rings is 2. The van der Waals surface area contributed by atoms with Crippen LogP contribution < -0.4 is 9.64 Å². The molecule has 0 saturated carbocycles. The lowest BCUT2D eigenvalue weighted by Gasteiger charge is -2.19. The summed E-state index contributed by atoms with van der Waals surface area (Å²) in [6, 6.07) is 16.0. The fourth-order valence-corrected chi connectivity index (χ4v) is 2.93. The minimum absolute atomic E-state index is 0.670. The maximum absolute atomic E-state index is 10.5. The van der Waals surface area contributed by atoms with Crippen molar-refractivity contribution >= 4 is 17.7 Å². The third kappa shape index (κ3) is 4.16. The molecule has 0 aliphatic carbocycles. The molecule has 4 heteroatoms. The molecule has 0 atom stereocenters. The number of nitrogens with zero attached hydrogens (tertiary/aromatic N) is 1. The monoisotopic (exact) mass is 323 g/mol. The van der Waals surface area contributed by atoms with Crippen molar-refractivity contribution in [2.24, 2.45) is 0 Å². The van der Waals surface area contributed by atoms with Gasteiger partial charge in [0.2, 0.25) is 0 Å². The van der Waals surface area contributed by atoms with Crippen LogP contribution in [0.1, 0.15) is 17.5 Å². The molecular weight excluding hydrogens is 302 g/mol. The van der Waals surface area contributed by atoms with E-state index in [0.29, 0.717) is 6.61 Å². The smallest absolute Gasteiger partial charge is 0.328 e. The number of carboxylic acid groups (broad SMARTS) is 1. The van der Waals surface area contributed by atoms with Gasteiger partial charge in [-0.2, -0.15) is 0 Å². The Balaban J connectivity index is 1.43. The van der Waals surface area contributed by atoms with Gasteiger partial charge in [-0.1, -0.05) is 30.3 Å². The zero-order valence-corrected chi connectivity index (χ0v) is 13.5. The average Bonchev–Trinajstić information content (AvgIpc) is 3.01. The van der Waals surface area contributed by atoms with Crippen molar-refractivity contribution in [1.29, 1.82) is 0 Å². The predicted molar refractivity (Wildman–Crippen MR) is 95.6 cm³/mol. The number of carboxylic acids is 1. The minimum Gasteiger partial charge on any atom is -0.494 e. The minimum atomic E-state index is -0.946. The highest BCUT2D eigenvalue weighted by Crippen LogP contribution is 2.27. The first-order valence-corrected chi connectivity index (χ1v) is 8.19. The van der Waals surface area contributed by atoms with E-state index in [1.807, 2.05) is 24.3 Å². The number of ether oxygens (including phenoxy) is 1. The molecular formula is C20H21NO3. The maximum atomic E-state index is 10.5. The Morgan fingerprint density at radius 3 is 2.75 bits per heavy atom. The second-order valence-electron chi connectivity index (χ2n) is 5.81. The zero-order chi connectivity index (χ0) is 16.8. The summed E-state index contributed by atoms with van der Waals surface area (Å²) in [6.45, 7) is 2.75. The first-order chi connectivity index (χ1) is 11.7. The molecule has 4 nitrogen and oxygen atoms in total. The van der Waals surface area contributed by atoms with Crippen LogP contribution in [0.2, 0.25) is 0 Å². The molecule has 0 radical (unpaired) electrons. The van der Waals surface area contributed by atoms with Gasteiger partial charge >= 0.3 is 5.97 Å². The van der Waals surface area contributed by atoms with Crippen molar-refractivity contribution in [3.63, 3.8) is 0 Å². The number of aliphatic carboxylic acids is 1. The van der Waals surface area contributed by atoms with Crippen LogP contribution in [0.3, 0.4) is 0 Å². The number of rotatable bonds is 7. The van der Waals surface area contributed by atoms with Crippen LogP contribution in [-0.4, -0.2) is 30.8 Å². The van der Waals surface area contributed by atoms with Gasteiger partial charge in [-0.05, 0) is 48.2 Å². The molecule has 1 aliphatic rings. The van der Waals surface area contributed by atoms with E-state index < -0.39 is 5.97 Å². The van der Waals surface area contributed by atoms with Crippen LogP contribution in [0.15, 0.2) is 54.6 Å². The molecule has 1 aliphatic heterocycles. The molecule has 1 N–H and O–H groups in total. The molecule has 0 spiro atoms. The van der Waals surface area contributed by atoms with E-state index in [-0.39, 0.29) is 0 Å². The lowest BCUT2D eigenvalue weighted by atomic mass is 10.2. The SMILES string of the molecule is O=C(O)/C=C/c1ccc(OCCCN2CCc3ccccc32)cc1. The van der Waals surface area contributed by atoms with Crippen molar-refractivity contribution in [2.45, 2.75) is 12.8 Å². The van der Waals surface area contributed by atoms with Gasteiger partial charge in [-0.25, -0.2) is 4.79 Å². The number of hydrogen-bond acceptors (Lipinski definition) is 3. The molecule has 0 aromatic heterocycles. The van der Waals surface area contributed by atoms with Gasteiger partial charge in [0.1, 0.15) is 5.75 Å². The maximum Gasteiger partial charge on any atom is 0.328 e. The summed E-state index contributed by atoms with van der Waals surface area (Å²) in [5, 5.41) is 8.61. The fourth-order valence-electron chi connectivity index (χ4n) is 2.93. The lowest BCUT2D eigenvalue weighted by molar-refractivity contribution is -0.131. The highest BCUT2D eigenvalue weighted by Gasteiger charge is 2.17. The molecule has 0 unspecified atom stereocenters. The summed E-state index contributed by atoms with van der Waals surface area (Å²) in [5.41, 5.74) is 3.63. The van der Waals surface area contributed by atoms with E-state index >= 15 is 0 Å². The van der Waals surface area contributed by atoms with Gasteiger partial charge in [0.25, 0.3) is 0 Å². The van der Waals surface area contributed by atoms with Crippen LogP contribution in [0.5, 0.6) is 5.75 Å². The van der Waals surface area contributed by atoms with Crippen molar-refractivity contribution in [1.82, 2.24) is 0 Å². The quantitative estimate of drug-likeness (QED) is 0.624. The number of fused-ring (bicyclic) bond motifs is 1. The largest absolute Gasteiger partial charge is 0.494 e. The first-order valence-electron chi connectivity index (χ1n) is 8.19. The Kier molecular flexibility index (Phi) is 5.16. The second-order valence-corrected chi connectivity index (χ2v) is 5.81. The average molecular weight is 323 g/mol. The third-order valence-corrected chi connectivity index (χ3v) is 4.12. The Hall–Kier alpha value is -2.75. The van der Waals surface area contributed by atoms with Gasteiger partial charge in [0.15, 0.2) is 0 Å². The molecule has 24 heavy (non-hydrogen) atoms. The normalized spacial score (nSPS) is 13.2. The molecule has 3 rings (SSSR count). The highest BCUT2D eigenvalue weighted by atomic mass is 16.5. The Bertz CT molecular complexity index is 722. The van der Waals surface area contributed by atoms with E-state index in [1.165, 1.54) is 11.3 Å². The van der Waals surface area contributed by atoms with Crippen molar-refractivity contribution in [3.05, 3.63) is 65.7 Å². The third-order valence-electron chi connectivity index (χ3n) is 4.12. The van der Waals surface area contributed by atoms with E-state index in [9.17, 15) is 4.79 Å². The van der Waals surface area contributed by atoms with Crippen LogP contribution >= 0.6 is 0 Å².